The lowest BCUT2D eigenvalue weighted by molar-refractivity contribution is -0.112. The van der Waals surface area contributed by atoms with Gasteiger partial charge in [-0.25, -0.2) is 0 Å². The quantitative estimate of drug-likeness (QED) is 0.330. The Hall–Kier alpha value is -2.52. The van der Waals surface area contributed by atoms with Crippen molar-refractivity contribution >= 4 is 56.8 Å². The van der Waals surface area contributed by atoms with E-state index in [4.69, 9.17) is 27.6 Å². The Morgan fingerprint density at radius 2 is 2.00 bits per heavy atom. The monoisotopic (exact) mass is 474 g/mol. The second-order valence-corrected chi connectivity index (χ2v) is 7.55. The van der Waals surface area contributed by atoms with Crippen LogP contribution in [0.25, 0.3) is 17.4 Å². The van der Waals surface area contributed by atoms with Crippen LogP contribution in [0.15, 0.2) is 63.0 Å². The molecular formula is C21H13BrCl2N2O2. The number of carbonyl (C=O) groups is 1. The average molecular weight is 476 g/mol. The van der Waals surface area contributed by atoms with Gasteiger partial charge in [-0.05, 0) is 48.9 Å². The van der Waals surface area contributed by atoms with Crippen LogP contribution in [0.3, 0.4) is 0 Å². The molecule has 0 bridgehead atoms. The molecule has 1 heterocycles. The number of halogens is 3. The van der Waals surface area contributed by atoms with Crippen molar-refractivity contribution in [3.8, 4) is 17.4 Å². The van der Waals surface area contributed by atoms with E-state index >= 15 is 0 Å². The van der Waals surface area contributed by atoms with Crippen molar-refractivity contribution < 1.29 is 9.21 Å². The van der Waals surface area contributed by atoms with E-state index in [1.165, 1.54) is 6.08 Å². The summed E-state index contributed by atoms with van der Waals surface area (Å²) in [5.74, 6) is 0.390. The SMILES string of the molecule is Cc1ccc(-c2ccc(/C=C(\C#N)C(=O)Nc3cccc(Cl)c3Cl)o2)c(Br)c1. The highest BCUT2D eigenvalue weighted by atomic mass is 79.9. The Bertz CT molecular complexity index is 1130. The van der Waals surface area contributed by atoms with Crippen LogP contribution in [0, 0.1) is 18.3 Å². The predicted octanol–water partition coefficient (Wildman–Crippen LogP) is 6.87. The van der Waals surface area contributed by atoms with Crippen LogP contribution in [0.4, 0.5) is 5.69 Å². The van der Waals surface area contributed by atoms with Gasteiger partial charge in [0.1, 0.15) is 23.2 Å². The smallest absolute Gasteiger partial charge is 0.266 e. The van der Waals surface area contributed by atoms with Crippen LogP contribution in [0.1, 0.15) is 11.3 Å². The zero-order valence-corrected chi connectivity index (χ0v) is 17.7. The first-order valence-corrected chi connectivity index (χ1v) is 9.67. The lowest BCUT2D eigenvalue weighted by Crippen LogP contribution is -2.13. The van der Waals surface area contributed by atoms with Gasteiger partial charge in [-0.3, -0.25) is 4.79 Å². The predicted molar refractivity (Wildman–Crippen MR) is 115 cm³/mol. The van der Waals surface area contributed by atoms with Crippen LogP contribution in [0.2, 0.25) is 10.0 Å². The molecule has 0 spiro atoms. The Labute approximate surface area is 180 Å². The number of anilines is 1. The van der Waals surface area contributed by atoms with Crippen LogP contribution in [0.5, 0.6) is 0 Å². The molecule has 0 fully saturated rings. The van der Waals surface area contributed by atoms with E-state index in [9.17, 15) is 10.1 Å². The molecule has 0 saturated carbocycles. The summed E-state index contributed by atoms with van der Waals surface area (Å²) in [6.45, 7) is 1.99. The highest BCUT2D eigenvalue weighted by Crippen LogP contribution is 2.32. The van der Waals surface area contributed by atoms with Crippen molar-refractivity contribution in [1.29, 1.82) is 5.26 Å². The maximum atomic E-state index is 12.4. The molecule has 4 nitrogen and oxygen atoms in total. The first-order chi connectivity index (χ1) is 13.4. The first kappa shape index (κ1) is 20.2. The average Bonchev–Trinajstić information content (AvgIpc) is 3.11. The molecule has 2 aromatic carbocycles. The van der Waals surface area contributed by atoms with E-state index < -0.39 is 5.91 Å². The minimum absolute atomic E-state index is 0.125. The van der Waals surface area contributed by atoms with Crippen molar-refractivity contribution in [3.05, 3.63) is 79.9 Å². The molecule has 28 heavy (non-hydrogen) atoms. The van der Waals surface area contributed by atoms with E-state index in [2.05, 4.69) is 21.2 Å². The minimum Gasteiger partial charge on any atom is -0.457 e. The summed E-state index contributed by atoms with van der Waals surface area (Å²) >= 11 is 15.5. The number of carbonyl (C=O) groups excluding carboxylic acids is 1. The summed E-state index contributed by atoms with van der Waals surface area (Å²) in [5.41, 5.74) is 2.19. The lowest BCUT2D eigenvalue weighted by atomic mass is 10.1. The van der Waals surface area contributed by atoms with Gasteiger partial charge >= 0.3 is 0 Å². The number of benzene rings is 2. The number of nitriles is 1. The van der Waals surface area contributed by atoms with Gasteiger partial charge in [0.05, 0.1) is 15.7 Å². The maximum Gasteiger partial charge on any atom is 0.266 e. The molecule has 1 aromatic heterocycles. The van der Waals surface area contributed by atoms with Crippen LogP contribution >= 0.6 is 39.1 Å². The van der Waals surface area contributed by atoms with Gasteiger partial charge in [0.2, 0.25) is 0 Å². The summed E-state index contributed by atoms with van der Waals surface area (Å²) in [6.07, 6.45) is 1.37. The van der Waals surface area contributed by atoms with Gasteiger partial charge in [-0.1, -0.05) is 51.3 Å². The highest BCUT2D eigenvalue weighted by Gasteiger charge is 2.14. The fourth-order valence-corrected chi connectivity index (χ4v) is 3.51. The van der Waals surface area contributed by atoms with Gasteiger partial charge in [0.25, 0.3) is 5.91 Å². The fourth-order valence-electron chi connectivity index (χ4n) is 2.48. The number of hydrogen-bond donors (Lipinski definition) is 1. The number of hydrogen-bond acceptors (Lipinski definition) is 3. The zero-order valence-electron chi connectivity index (χ0n) is 14.6. The Morgan fingerprint density at radius 3 is 2.71 bits per heavy atom. The largest absolute Gasteiger partial charge is 0.457 e. The van der Waals surface area contributed by atoms with Crippen molar-refractivity contribution in [2.45, 2.75) is 6.92 Å². The molecule has 7 heteroatoms. The van der Waals surface area contributed by atoms with Crippen LogP contribution < -0.4 is 5.32 Å². The second kappa shape index (κ2) is 8.66. The summed E-state index contributed by atoms with van der Waals surface area (Å²) < 4.78 is 6.68. The summed E-state index contributed by atoms with van der Waals surface area (Å²) in [5, 5.41) is 12.5. The van der Waals surface area contributed by atoms with Gasteiger partial charge in [0.15, 0.2) is 0 Å². The number of nitrogens with zero attached hydrogens (tertiary/aromatic N) is 1. The summed E-state index contributed by atoms with van der Waals surface area (Å²) in [6, 6.07) is 16.1. The van der Waals surface area contributed by atoms with Crippen LogP contribution in [-0.2, 0) is 4.79 Å². The molecule has 1 amide bonds. The van der Waals surface area contributed by atoms with Crippen molar-refractivity contribution in [2.75, 3.05) is 5.32 Å². The fraction of sp³-hybridized carbons (Fsp3) is 0.0476. The number of amides is 1. The minimum atomic E-state index is -0.610. The molecule has 3 aromatic rings. The van der Waals surface area contributed by atoms with E-state index in [1.807, 2.05) is 31.2 Å². The number of aryl methyl sites for hydroxylation is 1. The third kappa shape index (κ3) is 4.48. The molecule has 140 valence electrons. The molecule has 3 rings (SSSR count). The third-order valence-electron chi connectivity index (χ3n) is 3.87. The van der Waals surface area contributed by atoms with E-state index in [1.54, 1.807) is 30.3 Å². The topological polar surface area (TPSA) is 66.0 Å². The third-order valence-corrected chi connectivity index (χ3v) is 5.34. The normalized spacial score (nSPS) is 11.2. The molecule has 0 unspecified atom stereocenters. The molecular weight excluding hydrogens is 463 g/mol. The summed E-state index contributed by atoms with van der Waals surface area (Å²) in [4.78, 5) is 12.4. The molecule has 0 aliphatic carbocycles. The number of rotatable bonds is 4. The Morgan fingerprint density at radius 1 is 1.21 bits per heavy atom. The number of nitrogens with one attached hydrogen (secondary N) is 1. The molecule has 0 radical (unpaired) electrons. The highest BCUT2D eigenvalue weighted by molar-refractivity contribution is 9.10. The van der Waals surface area contributed by atoms with Crippen molar-refractivity contribution in [2.24, 2.45) is 0 Å². The number of furan rings is 1. The maximum absolute atomic E-state index is 12.4. The van der Waals surface area contributed by atoms with Gasteiger partial charge in [0, 0.05) is 16.1 Å². The molecule has 0 aliphatic heterocycles. The van der Waals surface area contributed by atoms with Crippen molar-refractivity contribution in [3.63, 3.8) is 0 Å². The lowest BCUT2D eigenvalue weighted by Gasteiger charge is -2.07. The Balaban J connectivity index is 1.85. The van der Waals surface area contributed by atoms with E-state index in [-0.39, 0.29) is 10.6 Å². The molecule has 0 saturated heterocycles. The molecule has 0 aliphatic rings. The zero-order chi connectivity index (χ0) is 20.3. The molecule has 1 N–H and O–H groups in total. The van der Waals surface area contributed by atoms with Crippen LogP contribution in [-0.4, -0.2) is 5.91 Å². The van der Waals surface area contributed by atoms with Gasteiger partial charge in [-0.2, -0.15) is 5.26 Å². The Kier molecular flexibility index (Phi) is 6.25. The molecule has 0 atom stereocenters. The van der Waals surface area contributed by atoms with E-state index in [0.29, 0.717) is 22.2 Å². The standard InChI is InChI=1S/C21H13BrCl2N2O2/c1-12-5-7-15(16(22)9-12)19-8-6-14(28-19)10-13(11-25)21(27)26-18-4-2-3-17(23)20(18)24/h2-10H,1H3,(H,26,27)/b13-10+. The van der Waals surface area contributed by atoms with E-state index in [0.717, 1.165) is 15.6 Å². The van der Waals surface area contributed by atoms with Gasteiger partial charge in [-0.15, -0.1) is 0 Å². The summed E-state index contributed by atoms with van der Waals surface area (Å²) in [7, 11) is 0. The second-order valence-electron chi connectivity index (χ2n) is 5.91. The van der Waals surface area contributed by atoms with Crippen molar-refractivity contribution in [1.82, 2.24) is 0 Å². The first-order valence-electron chi connectivity index (χ1n) is 8.12. The van der Waals surface area contributed by atoms with Gasteiger partial charge < -0.3 is 9.73 Å².